The van der Waals surface area contributed by atoms with Crippen molar-refractivity contribution in [2.75, 3.05) is 6.61 Å². The van der Waals surface area contributed by atoms with Crippen LogP contribution in [0.5, 0.6) is 0 Å². The van der Waals surface area contributed by atoms with Crippen LogP contribution in [-0.2, 0) is 4.79 Å². The van der Waals surface area contributed by atoms with E-state index in [2.05, 4.69) is 13.8 Å². The highest BCUT2D eigenvalue weighted by Gasteiger charge is 2.01. The van der Waals surface area contributed by atoms with Crippen LogP contribution < -0.4 is 0 Å². The zero-order valence-corrected chi connectivity index (χ0v) is 7.97. The summed E-state index contributed by atoms with van der Waals surface area (Å²) in [6.45, 7) is 4.69. The Kier molecular flexibility index (Phi) is 15.0. The first-order valence-corrected chi connectivity index (χ1v) is 4.41. The maximum atomic E-state index is 8.75. The van der Waals surface area contributed by atoms with Crippen molar-refractivity contribution in [1.29, 1.82) is 5.41 Å². The van der Waals surface area contributed by atoms with Crippen LogP contribution in [-0.4, -0.2) is 17.8 Å². The lowest BCUT2D eigenvalue weighted by Crippen LogP contribution is -2.03. The SMILES string of the molecule is CCCCC(CC)CO.N=C=O. The van der Waals surface area contributed by atoms with Crippen LogP contribution in [0, 0.1) is 11.3 Å². The van der Waals surface area contributed by atoms with Gasteiger partial charge >= 0.3 is 0 Å². The quantitative estimate of drug-likeness (QED) is 0.494. The highest BCUT2D eigenvalue weighted by molar-refractivity contribution is 5.26. The Balaban J connectivity index is 0. The Labute approximate surface area is 74.3 Å². The lowest BCUT2D eigenvalue weighted by atomic mass is 10.0. The predicted molar refractivity (Wildman–Crippen MR) is 48.8 cm³/mol. The van der Waals surface area contributed by atoms with Crippen molar-refractivity contribution in [1.82, 2.24) is 0 Å². The van der Waals surface area contributed by atoms with Crippen molar-refractivity contribution < 1.29 is 9.90 Å². The number of rotatable bonds is 5. The zero-order chi connectivity index (χ0) is 9.82. The van der Waals surface area contributed by atoms with Crippen LogP contribution in [0.1, 0.15) is 39.5 Å². The third-order valence-electron chi connectivity index (χ3n) is 1.80. The molecule has 0 aromatic carbocycles. The summed E-state index contributed by atoms with van der Waals surface area (Å²) in [5.41, 5.74) is 0. The molecule has 2 N–H and O–H groups in total. The van der Waals surface area contributed by atoms with E-state index in [4.69, 9.17) is 15.3 Å². The first-order valence-electron chi connectivity index (χ1n) is 4.41. The van der Waals surface area contributed by atoms with E-state index in [-0.39, 0.29) is 0 Å². The second-order valence-corrected chi connectivity index (χ2v) is 2.70. The van der Waals surface area contributed by atoms with Crippen molar-refractivity contribution in [3.05, 3.63) is 0 Å². The number of aliphatic hydroxyl groups excluding tert-OH is 1. The van der Waals surface area contributed by atoms with Gasteiger partial charge in [0.25, 0.3) is 0 Å². The molecule has 0 amide bonds. The summed E-state index contributed by atoms with van der Waals surface area (Å²) >= 11 is 0. The van der Waals surface area contributed by atoms with Gasteiger partial charge in [0.1, 0.15) is 0 Å². The monoisotopic (exact) mass is 173 g/mol. The molecule has 0 radical (unpaired) electrons. The average Bonchev–Trinajstić information content (AvgIpc) is 2.08. The van der Waals surface area contributed by atoms with Gasteiger partial charge in [-0.15, -0.1) is 0 Å². The van der Waals surface area contributed by atoms with E-state index in [9.17, 15) is 0 Å². The Morgan fingerprint density at radius 3 is 2.25 bits per heavy atom. The standard InChI is InChI=1S/C8H18O.CHNO/c1-3-5-6-8(4-2)7-9;2-1-3/h8-9H,3-7H2,1-2H3;2H. The molecule has 0 aliphatic heterocycles. The fourth-order valence-corrected chi connectivity index (χ4v) is 0.917. The van der Waals surface area contributed by atoms with Gasteiger partial charge in [0.05, 0.1) is 0 Å². The van der Waals surface area contributed by atoms with E-state index in [1.807, 2.05) is 0 Å². The first kappa shape index (κ1) is 13.9. The summed E-state index contributed by atoms with van der Waals surface area (Å²) in [5.74, 6) is 0.560. The highest BCUT2D eigenvalue weighted by Crippen LogP contribution is 2.10. The molecule has 0 rings (SSSR count). The molecule has 0 aromatic heterocycles. The molecule has 72 valence electrons. The van der Waals surface area contributed by atoms with Crippen molar-refractivity contribution in [2.45, 2.75) is 39.5 Å². The van der Waals surface area contributed by atoms with Gasteiger partial charge in [0, 0.05) is 6.61 Å². The maximum Gasteiger partial charge on any atom is 0.231 e. The molecule has 3 heteroatoms. The molecule has 0 fully saturated rings. The zero-order valence-electron chi connectivity index (χ0n) is 7.97. The van der Waals surface area contributed by atoms with Gasteiger partial charge < -0.3 is 5.11 Å². The predicted octanol–water partition coefficient (Wildman–Crippen LogP) is 2.10. The molecule has 0 spiro atoms. The first-order chi connectivity index (χ1) is 5.76. The van der Waals surface area contributed by atoms with Gasteiger partial charge in [-0.3, -0.25) is 0 Å². The number of aliphatic hydroxyl groups is 1. The van der Waals surface area contributed by atoms with Gasteiger partial charge in [0.2, 0.25) is 6.08 Å². The lowest BCUT2D eigenvalue weighted by Gasteiger charge is -2.08. The third kappa shape index (κ3) is 12.1. The number of nitrogens with one attached hydrogen (secondary N) is 1. The second-order valence-electron chi connectivity index (χ2n) is 2.70. The lowest BCUT2D eigenvalue weighted by molar-refractivity contribution is 0.212. The smallest absolute Gasteiger partial charge is 0.231 e. The molecule has 12 heavy (non-hydrogen) atoms. The minimum absolute atomic E-state index is 0.372. The minimum atomic E-state index is 0.372. The van der Waals surface area contributed by atoms with E-state index in [1.165, 1.54) is 19.3 Å². The highest BCUT2D eigenvalue weighted by atomic mass is 16.3. The average molecular weight is 173 g/mol. The molecular weight excluding hydrogens is 154 g/mol. The van der Waals surface area contributed by atoms with Gasteiger partial charge in [-0.25, -0.2) is 10.2 Å². The molecule has 0 bridgehead atoms. The Hall–Kier alpha value is -0.660. The summed E-state index contributed by atoms with van der Waals surface area (Å²) in [4.78, 5) is 8.35. The molecule has 0 aromatic rings. The molecule has 1 unspecified atom stereocenters. The van der Waals surface area contributed by atoms with Crippen molar-refractivity contribution in [2.24, 2.45) is 5.92 Å². The molecule has 3 nitrogen and oxygen atoms in total. The summed E-state index contributed by atoms with van der Waals surface area (Å²) in [7, 11) is 0. The van der Waals surface area contributed by atoms with Gasteiger partial charge in [-0.2, -0.15) is 0 Å². The third-order valence-corrected chi connectivity index (χ3v) is 1.80. The molecule has 1 atom stereocenters. The Bertz CT molecular complexity index is 105. The van der Waals surface area contributed by atoms with Crippen LogP contribution >= 0.6 is 0 Å². The maximum absolute atomic E-state index is 8.75. The van der Waals surface area contributed by atoms with Gasteiger partial charge in [-0.1, -0.05) is 33.1 Å². The fraction of sp³-hybridized carbons (Fsp3) is 0.889. The van der Waals surface area contributed by atoms with Crippen LogP contribution in [0.25, 0.3) is 0 Å². The Morgan fingerprint density at radius 1 is 1.50 bits per heavy atom. The van der Waals surface area contributed by atoms with E-state index in [0.29, 0.717) is 12.5 Å². The Morgan fingerprint density at radius 2 is 2.00 bits per heavy atom. The topological polar surface area (TPSA) is 61.1 Å². The van der Waals surface area contributed by atoms with E-state index >= 15 is 0 Å². The van der Waals surface area contributed by atoms with E-state index in [0.717, 1.165) is 12.5 Å². The number of unbranched alkanes of at least 4 members (excludes halogenated alkanes) is 1. The second kappa shape index (κ2) is 13.0. The number of isocyanates is 1. The number of carbonyl (C=O) groups excluding carboxylic acids is 1. The van der Waals surface area contributed by atoms with Crippen molar-refractivity contribution in [3.8, 4) is 0 Å². The summed E-state index contributed by atoms with van der Waals surface area (Å²) in [6, 6.07) is 0. The molecular formula is C9H19NO2. The molecule has 0 aliphatic carbocycles. The normalized spacial score (nSPS) is 10.9. The van der Waals surface area contributed by atoms with Crippen molar-refractivity contribution in [3.63, 3.8) is 0 Å². The van der Waals surface area contributed by atoms with Gasteiger partial charge in [0.15, 0.2) is 0 Å². The van der Waals surface area contributed by atoms with Crippen LogP contribution in [0.3, 0.4) is 0 Å². The van der Waals surface area contributed by atoms with Crippen molar-refractivity contribution >= 4 is 6.08 Å². The van der Waals surface area contributed by atoms with Crippen LogP contribution in [0.15, 0.2) is 0 Å². The molecule has 0 aliphatic rings. The largest absolute Gasteiger partial charge is 0.396 e. The summed E-state index contributed by atoms with van der Waals surface area (Å²) in [5, 5.41) is 14.2. The number of hydrogen-bond acceptors (Lipinski definition) is 3. The summed E-state index contributed by atoms with van der Waals surface area (Å²) < 4.78 is 0. The summed E-state index contributed by atoms with van der Waals surface area (Å²) in [6.07, 6.45) is 5.58. The van der Waals surface area contributed by atoms with Crippen LogP contribution in [0.4, 0.5) is 0 Å². The van der Waals surface area contributed by atoms with E-state index < -0.39 is 0 Å². The fourth-order valence-electron chi connectivity index (χ4n) is 0.917. The van der Waals surface area contributed by atoms with Crippen LogP contribution in [0.2, 0.25) is 0 Å². The minimum Gasteiger partial charge on any atom is -0.396 e. The van der Waals surface area contributed by atoms with Gasteiger partial charge in [-0.05, 0) is 12.3 Å². The van der Waals surface area contributed by atoms with E-state index in [1.54, 1.807) is 0 Å². The molecule has 0 saturated heterocycles. The number of hydrogen-bond donors (Lipinski definition) is 2. The molecule has 0 heterocycles. The molecule has 0 saturated carbocycles.